The number of methoxy groups -OCH3 is 1. The van der Waals surface area contributed by atoms with Crippen LogP contribution >= 0.6 is 0 Å². The molecule has 0 N–H and O–H groups in total. The van der Waals surface area contributed by atoms with Gasteiger partial charge in [0.05, 0.1) is 13.2 Å². The summed E-state index contributed by atoms with van der Waals surface area (Å²) in [5.74, 6) is 6.44. The second-order valence-corrected chi connectivity index (χ2v) is 9.83. The summed E-state index contributed by atoms with van der Waals surface area (Å²) in [4.78, 5) is 2.08. The minimum atomic E-state index is -0.0600. The molecular weight excluding hydrogens is 478 g/mol. The van der Waals surface area contributed by atoms with E-state index in [4.69, 9.17) is 4.74 Å². The van der Waals surface area contributed by atoms with Gasteiger partial charge in [0, 0.05) is 28.2 Å². The number of anilines is 2. The summed E-state index contributed by atoms with van der Waals surface area (Å²) in [5.41, 5.74) is 5.16. The molecule has 0 saturated carbocycles. The van der Waals surface area contributed by atoms with Crippen molar-refractivity contribution < 1.29 is 4.74 Å². The fourth-order valence-corrected chi connectivity index (χ4v) is 3.83. The van der Waals surface area contributed by atoms with Gasteiger partial charge in [0.1, 0.15) is 17.4 Å². The molecule has 0 amide bonds. The largest absolute Gasteiger partial charge is 0.497 e. The summed E-state index contributed by atoms with van der Waals surface area (Å²) < 4.78 is 5.31. The molecule has 0 aliphatic rings. The van der Waals surface area contributed by atoms with Gasteiger partial charge >= 0.3 is 0 Å². The van der Waals surface area contributed by atoms with Crippen molar-refractivity contribution in [3.05, 3.63) is 120 Å². The molecule has 0 spiro atoms. The second-order valence-electron chi connectivity index (χ2n) is 9.83. The Hall–Kier alpha value is -4.98. The Kier molecular flexibility index (Phi) is 11.4. The SMILES string of the molecule is C=C/C=C(\C=C)N(c1ccc(C=CC(/C=C(/C#N)CC(C)(C)C)=C(\C#N)C#CC)cc1)c1ccc(OC)cc1. The first-order valence-electron chi connectivity index (χ1n) is 12.5. The van der Waals surface area contributed by atoms with Gasteiger partial charge in [0.25, 0.3) is 0 Å². The summed E-state index contributed by atoms with van der Waals surface area (Å²) in [7, 11) is 1.64. The number of hydrogen-bond donors (Lipinski definition) is 0. The van der Waals surface area contributed by atoms with E-state index in [2.05, 4.69) is 62.8 Å². The van der Waals surface area contributed by atoms with E-state index in [1.54, 1.807) is 32.3 Å². The highest BCUT2D eigenvalue weighted by Crippen LogP contribution is 2.32. The van der Waals surface area contributed by atoms with Crippen molar-refractivity contribution in [1.82, 2.24) is 0 Å². The number of rotatable bonds is 10. The van der Waals surface area contributed by atoms with E-state index in [0.717, 1.165) is 28.4 Å². The number of benzene rings is 2. The first-order valence-corrected chi connectivity index (χ1v) is 12.5. The number of ether oxygens (including phenoxy) is 1. The number of nitrogens with zero attached hydrogens (tertiary/aromatic N) is 3. The highest BCUT2D eigenvalue weighted by atomic mass is 16.5. The minimum Gasteiger partial charge on any atom is -0.497 e. The summed E-state index contributed by atoms with van der Waals surface area (Å²) in [5, 5.41) is 19.4. The fraction of sp³-hybridized carbons (Fsp3) is 0.200. The third-order valence-corrected chi connectivity index (χ3v) is 5.54. The van der Waals surface area contributed by atoms with Gasteiger partial charge < -0.3 is 9.64 Å². The normalized spacial score (nSPS) is 12.4. The quantitative estimate of drug-likeness (QED) is 0.181. The van der Waals surface area contributed by atoms with E-state index in [1.807, 2.05) is 66.8 Å². The first kappa shape index (κ1) is 30.2. The van der Waals surface area contributed by atoms with Crippen molar-refractivity contribution >= 4 is 17.5 Å². The molecular formula is C35H35N3O. The number of nitriles is 2. The topological polar surface area (TPSA) is 60.0 Å². The molecule has 2 rings (SSSR count). The van der Waals surface area contributed by atoms with E-state index in [9.17, 15) is 10.5 Å². The Morgan fingerprint density at radius 3 is 2.05 bits per heavy atom. The molecule has 0 aliphatic carbocycles. The molecule has 39 heavy (non-hydrogen) atoms. The average Bonchev–Trinajstić information content (AvgIpc) is 2.93. The van der Waals surface area contributed by atoms with Crippen LogP contribution in [0, 0.1) is 39.9 Å². The molecule has 0 aliphatic heterocycles. The molecule has 0 fully saturated rings. The summed E-state index contributed by atoms with van der Waals surface area (Å²) >= 11 is 0. The Balaban J connectivity index is 2.52. The van der Waals surface area contributed by atoms with Crippen LogP contribution in [0.1, 0.15) is 39.7 Å². The van der Waals surface area contributed by atoms with Crippen LogP contribution in [-0.2, 0) is 0 Å². The zero-order valence-electron chi connectivity index (χ0n) is 23.5. The molecule has 2 aromatic carbocycles. The smallest absolute Gasteiger partial charge is 0.119 e. The molecule has 0 bridgehead atoms. The van der Waals surface area contributed by atoms with Crippen LogP contribution in [0.25, 0.3) is 6.08 Å². The fourth-order valence-electron chi connectivity index (χ4n) is 3.83. The molecule has 0 saturated heterocycles. The van der Waals surface area contributed by atoms with Crippen LogP contribution in [-0.4, -0.2) is 7.11 Å². The predicted octanol–water partition coefficient (Wildman–Crippen LogP) is 8.83. The molecule has 4 nitrogen and oxygen atoms in total. The van der Waals surface area contributed by atoms with E-state index in [0.29, 0.717) is 23.1 Å². The van der Waals surface area contributed by atoms with Gasteiger partial charge in [-0.2, -0.15) is 10.5 Å². The lowest BCUT2D eigenvalue weighted by Gasteiger charge is -2.26. The highest BCUT2D eigenvalue weighted by Gasteiger charge is 2.15. The molecule has 0 unspecified atom stereocenters. The van der Waals surface area contributed by atoms with Gasteiger partial charge in [-0.05, 0) is 78.9 Å². The first-order chi connectivity index (χ1) is 18.7. The summed E-state index contributed by atoms with van der Waals surface area (Å²) in [6.07, 6.45) is 11.5. The maximum Gasteiger partial charge on any atom is 0.119 e. The maximum atomic E-state index is 9.71. The lowest BCUT2D eigenvalue weighted by atomic mass is 9.87. The van der Waals surface area contributed by atoms with Gasteiger partial charge in [0.2, 0.25) is 0 Å². The van der Waals surface area contributed by atoms with Crippen molar-refractivity contribution in [3.63, 3.8) is 0 Å². The molecule has 0 heterocycles. The molecule has 0 radical (unpaired) electrons. The van der Waals surface area contributed by atoms with Crippen molar-refractivity contribution in [1.29, 1.82) is 10.5 Å². The van der Waals surface area contributed by atoms with Gasteiger partial charge in [-0.25, -0.2) is 0 Å². The Bertz CT molecular complexity index is 1430. The lowest BCUT2D eigenvalue weighted by Crippen LogP contribution is -2.14. The van der Waals surface area contributed by atoms with Gasteiger partial charge in [0.15, 0.2) is 0 Å². The average molecular weight is 514 g/mol. The number of hydrogen-bond acceptors (Lipinski definition) is 4. The van der Waals surface area contributed by atoms with Gasteiger partial charge in [-0.15, -0.1) is 5.92 Å². The van der Waals surface area contributed by atoms with Crippen molar-refractivity contribution in [2.75, 3.05) is 12.0 Å². The summed E-state index contributed by atoms with van der Waals surface area (Å²) in [6, 6.07) is 20.3. The van der Waals surface area contributed by atoms with Crippen LogP contribution in [0.4, 0.5) is 11.4 Å². The van der Waals surface area contributed by atoms with E-state index in [-0.39, 0.29) is 5.41 Å². The van der Waals surface area contributed by atoms with E-state index >= 15 is 0 Å². The van der Waals surface area contributed by atoms with E-state index < -0.39 is 0 Å². The zero-order valence-corrected chi connectivity index (χ0v) is 23.5. The number of allylic oxidation sites excluding steroid dienone is 8. The molecule has 2 aromatic rings. The predicted molar refractivity (Wildman–Crippen MR) is 163 cm³/mol. The van der Waals surface area contributed by atoms with Crippen LogP contribution < -0.4 is 9.64 Å². The van der Waals surface area contributed by atoms with Gasteiger partial charge in [-0.3, -0.25) is 0 Å². The monoisotopic (exact) mass is 513 g/mol. The third kappa shape index (κ3) is 9.12. The van der Waals surface area contributed by atoms with Crippen LogP contribution in [0.5, 0.6) is 5.75 Å². The minimum absolute atomic E-state index is 0.0600. The summed E-state index contributed by atoms with van der Waals surface area (Å²) in [6.45, 7) is 15.7. The molecule has 0 aromatic heterocycles. The maximum absolute atomic E-state index is 9.71. The van der Waals surface area contributed by atoms with Crippen LogP contribution in [0.15, 0.2) is 114 Å². The van der Waals surface area contributed by atoms with Crippen molar-refractivity contribution in [2.24, 2.45) is 5.41 Å². The van der Waals surface area contributed by atoms with Crippen molar-refractivity contribution in [3.8, 4) is 29.7 Å². The molecule has 196 valence electrons. The van der Waals surface area contributed by atoms with E-state index in [1.165, 1.54) is 0 Å². The van der Waals surface area contributed by atoms with Crippen LogP contribution in [0.3, 0.4) is 0 Å². The molecule has 0 atom stereocenters. The second kappa shape index (κ2) is 14.7. The standard InChI is InChI=1S/C35H35N3O/c1-8-11-30(26-37)29(23-28(25-36)24-35(4,5)6)16-13-27-14-17-32(18-15-27)38(31(10-3)12-9-2)33-19-21-34(39-7)22-20-33/h9-10,12-23H,2-3,24H2,1,4-7H3/b16-13?,28-23+,30-29+,31-12+. The Labute approximate surface area is 233 Å². The van der Waals surface area contributed by atoms with Gasteiger partial charge in [-0.1, -0.05) is 70.2 Å². The van der Waals surface area contributed by atoms with Crippen molar-refractivity contribution in [2.45, 2.75) is 34.1 Å². The Morgan fingerprint density at radius 2 is 1.59 bits per heavy atom. The van der Waals surface area contributed by atoms with Crippen LogP contribution in [0.2, 0.25) is 0 Å². The lowest BCUT2D eigenvalue weighted by molar-refractivity contribution is 0.414. The Morgan fingerprint density at radius 1 is 0.974 bits per heavy atom. The third-order valence-electron chi connectivity index (χ3n) is 5.54. The zero-order chi connectivity index (χ0) is 28.8. The molecule has 4 heteroatoms. The highest BCUT2D eigenvalue weighted by molar-refractivity contribution is 5.72.